The highest BCUT2D eigenvalue weighted by Gasteiger charge is 2.22. The van der Waals surface area contributed by atoms with Crippen molar-refractivity contribution in [3.05, 3.63) is 42.0 Å². The van der Waals surface area contributed by atoms with Gasteiger partial charge in [0.05, 0.1) is 12.3 Å². The minimum absolute atomic E-state index is 0.0194. The average molecular weight is 260 g/mol. The molecule has 5 heteroatoms. The van der Waals surface area contributed by atoms with E-state index < -0.39 is 5.97 Å². The molecule has 1 amide bonds. The highest BCUT2D eigenvalue weighted by atomic mass is 16.4. The van der Waals surface area contributed by atoms with Crippen LogP contribution in [0.15, 0.2) is 36.4 Å². The first kappa shape index (κ1) is 13.3. The Morgan fingerprint density at radius 3 is 2.47 bits per heavy atom. The number of rotatable bonds is 4. The van der Waals surface area contributed by atoms with Crippen LogP contribution in [0.1, 0.15) is 12.0 Å². The second-order valence-electron chi connectivity index (χ2n) is 4.65. The largest absolute Gasteiger partial charge is 0.481 e. The monoisotopic (exact) mass is 260 g/mol. The summed E-state index contributed by atoms with van der Waals surface area (Å²) in [5.74, 6) is -1.15. The molecule has 0 aliphatic heterocycles. The summed E-state index contributed by atoms with van der Waals surface area (Å²) in [6.45, 7) is 0. The van der Waals surface area contributed by atoms with Gasteiger partial charge in [0.2, 0.25) is 5.91 Å². The fraction of sp³-hybridized carbons (Fsp3) is 0.286. The number of benzene rings is 1. The number of amides is 1. The Kier molecular flexibility index (Phi) is 3.97. The second kappa shape index (κ2) is 5.67. The lowest BCUT2D eigenvalue weighted by molar-refractivity contribution is -0.136. The number of carboxylic acid groups (broad SMARTS) is 1. The minimum atomic E-state index is -0.873. The van der Waals surface area contributed by atoms with Crippen LogP contribution in [0.4, 0.5) is 5.69 Å². The third-order valence-electron chi connectivity index (χ3n) is 3.03. The Morgan fingerprint density at radius 1 is 1.26 bits per heavy atom. The molecule has 0 radical (unpaired) electrons. The van der Waals surface area contributed by atoms with Crippen LogP contribution in [-0.4, -0.2) is 23.0 Å². The van der Waals surface area contributed by atoms with Gasteiger partial charge in [-0.3, -0.25) is 9.59 Å². The summed E-state index contributed by atoms with van der Waals surface area (Å²) in [5, 5.41) is 11.5. The third-order valence-corrected chi connectivity index (χ3v) is 3.03. The van der Waals surface area contributed by atoms with Crippen LogP contribution < -0.4 is 11.1 Å². The summed E-state index contributed by atoms with van der Waals surface area (Å²) in [6, 6.07) is 6.75. The topological polar surface area (TPSA) is 92.4 Å². The average Bonchev–Trinajstić information content (AvgIpc) is 2.78. The fourth-order valence-corrected chi connectivity index (χ4v) is 2.04. The summed E-state index contributed by atoms with van der Waals surface area (Å²) in [7, 11) is 0. The molecule has 0 spiro atoms. The number of aliphatic carboxylic acids is 1. The Labute approximate surface area is 111 Å². The van der Waals surface area contributed by atoms with Crippen molar-refractivity contribution in [2.45, 2.75) is 18.9 Å². The number of carbonyl (C=O) groups is 2. The molecule has 5 nitrogen and oxygen atoms in total. The van der Waals surface area contributed by atoms with E-state index in [4.69, 9.17) is 10.8 Å². The van der Waals surface area contributed by atoms with Crippen molar-refractivity contribution in [3.8, 4) is 0 Å². The molecule has 1 aromatic rings. The van der Waals surface area contributed by atoms with Crippen molar-refractivity contribution in [1.29, 1.82) is 0 Å². The number of carboxylic acids is 1. The number of nitrogens with one attached hydrogen (secondary N) is 1. The van der Waals surface area contributed by atoms with Crippen LogP contribution in [0.3, 0.4) is 0 Å². The van der Waals surface area contributed by atoms with Crippen molar-refractivity contribution in [2.24, 2.45) is 11.7 Å². The molecule has 4 N–H and O–H groups in total. The minimum Gasteiger partial charge on any atom is -0.481 e. The third kappa shape index (κ3) is 3.66. The lowest BCUT2D eigenvalue weighted by Crippen LogP contribution is -2.23. The van der Waals surface area contributed by atoms with Crippen molar-refractivity contribution in [3.63, 3.8) is 0 Å². The molecule has 0 saturated carbocycles. The SMILES string of the molecule is NC1C=CC(C(=O)Nc2ccc(CC(=O)O)cc2)C1. The quantitative estimate of drug-likeness (QED) is 0.708. The molecule has 2 atom stereocenters. The molecular formula is C14H16N2O3. The van der Waals surface area contributed by atoms with Gasteiger partial charge in [-0.25, -0.2) is 0 Å². The van der Waals surface area contributed by atoms with Crippen molar-refractivity contribution in [2.75, 3.05) is 5.32 Å². The molecule has 0 fully saturated rings. The molecule has 0 bridgehead atoms. The predicted octanol–water partition coefficient (Wildman–Crippen LogP) is 1.16. The van der Waals surface area contributed by atoms with Gasteiger partial charge in [-0.2, -0.15) is 0 Å². The molecule has 2 rings (SSSR count). The second-order valence-corrected chi connectivity index (χ2v) is 4.65. The number of anilines is 1. The summed E-state index contributed by atoms with van der Waals surface area (Å²) in [4.78, 5) is 22.5. The van der Waals surface area contributed by atoms with Gasteiger partial charge in [-0.1, -0.05) is 24.3 Å². The van der Waals surface area contributed by atoms with E-state index in [9.17, 15) is 9.59 Å². The maximum Gasteiger partial charge on any atom is 0.307 e. The van der Waals surface area contributed by atoms with Crippen LogP contribution in [0, 0.1) is 5.92 Å². The molecule has 0 saturated heterocycles. The van der Waals surface area contributed by atoms with Crippen LogP contribution in [0.25, 0.3) is 0 Å². The smallest absolute Gasteiger partial charge is 0.307 e. The first-order valence-electron chi connectivity index (χ1n) is 6.10. The van der Waals surface area contributed by atoms with Crippen LogP contribution in [0.5, 0.6) is 0 Å². The summed E-state index contributed by atoms with van der Waals surface area (Å²) in [6.07, 6.45) is 4.26. The van der Waals surface area contributed by atoms with Gasteiger partial charge >= 0.3 is 5.97 Å². The van der Waals surface area contributed by atoms with E-state index in [1.165, 1.54) is 0 Å². The summed E-state index contributed by atoms with van der Waals surface area (Å²) >= 11 is 0. The molecule has 0 aromatic heterocycles. The lowest BCUT2D eigenvalue weighted by atomic mass is 10.1. The predicted molar refractivity (Wildman–Crippen MR) is 71.6 cm³/mol. The fourth-order valence-electron chi connectivity index (χ4n) is 2.04. The zero-order valence-corrected chi connectivity index (χ0v) is 10.4. The van der Waals surface area contributed by atoms with Gasteiger partial charge in [0.15, 0.2) is 0 Å². The van der Waals surface area contributed by atoms with Gasteiger partial charge in [0, 0.05) is 11.7 Å². The van der Waals surface area contributed by atoms with Crippen molar-refractivity contribution in [1.82, 2.24) is 0 Å². The van der Waals surface area contributed by atoms with E-state index in [2.05, 4.69) is 5.32 Å². The lowest BCUT2D eigenvalue weighted by Gasteiger charge is -2.10. The summed E-state index contributed by atoms with van der Waals surface area (Å²) in [5.41, 5.74) is 7.06. The van der Waals surface area contributed by atoms with Gasteiger partial charge < -0.3 is 16.2 Å². The van der Waals surface area contributed by atoms with E-state index in [0.29, 0.717) is 17.7 Å². The van der Waals surface area contributed by atoms with Crippen molar-refractivity contribution < 1.29 is 14.7 Å². The molecule has 2 unspecified atom stereocenters. The van der Waals surface area contributed by atoms with Gasteiger partial charge in [0.1, 0.15) is 0 Å². The van der Waals surface area contributed by atoms with Gasteiger partial charge in [-0.05, 0) is 24.1 Å². The molecule has 0 heterocycles. The molecule has 100 valence electrons. The summed E-state index contributed by atoms with van der Waals surface area (Å²) < 4.78 is 0. The number of hydrogen-bond acceptors (Lipinski definition) is 3. The number of carbonyl (C=O) groups excluding carboxylic acids is 1. The standard InChI is InChI=1S/C14H16N2O3/c15-11-4-3-10(8-11)14(19)16-12-5-1-9(2-6-12)7-13(17)18/h1-6,10-11H,7-8,15H2,(H,16,19)(H,17,18). The number of nitrogens with two attached hydrogens (primary N) is 1. The molecule has 1 aliphatic rings. The van der Waals surface area contributed by atoms with Crippen LogP contribution in [-0.2, 0) is 16.0 Å². The normalized spacial score (nSPS) is 21.3. The Hall–Kier alpha value is -2.14. The van der Waals surface area contributed by atoms with Crippen LogP contribution in [0.2, 0.25) is 0 Å². The van der Waals surface area contributed by atoms with E-state index in [-0.39, 0.29) is 24.3 Å². The molecular weight excluding hydrogens is 244 g/mol. The first-order chi connectivity index (χ1) is 9.04. The maximum absolute atomic E-state index is 11.9. The zero-order valence-electron chi connectivity index (χ0n) is 10.4. The van der Waals surface area contributed by atoms with Crippen LogP contribution >= 0.6 is 0 Å². The first-order valence-corrected chi connectivity index (χ1v) is 6.10. The Balaban J connectivity index is 1.94. The van der Waals surface area contributed by atoms with Gasteiger partial charge in [-0.15, -0.1) is 0 Å². The zero-order chi connectivity index (χ0) is 13.8. The molecule has 1 aromatic carbocycles. The van der Waals surface area contributed by atoms with E-state index in [1.54, 1.807) is 24.3 Å². The Morgan fingerprint density at radius 2 is 1.95 bits per heavy atom. The van der Waals surface area contributed by atoms with E-state index in [0.717, 1.165) is 0 Å². The Bertz CT molecular complexity index is 508. The maximum atomic E-state index is 11.9. The van der Waals surface area contributed by atoms with E-state index in [1.807, 2.05) is 12.2 Å². The van der Waals surface area contributed by atoms with Gasteiger partial charge in [0.25, 0.3) is 0 Å². The number of hydrogen-bond donors (Lipinski definition) is 3. The highest BCUT2D eigenvalue weighted by molar-refractivity contribution is 5.94. The van der Waals surface area contributed by atoms with E-state index >= 15 is 0 Å². The molecule has 19 heavy (non-hydrogen) atoms. The molecule has 1 aliphatic carbocycles. The van der Waals surface area contributed by atoms with Crippen molar-refractivity contribution >= 4 is 17.6 Å². The highest BCUT2D eigenvalue weighted by Crippen LogP contribution is 2.19.